The number of amides is 1. The standard InChI is InChI=1S/C25H28N4O3S/c1-33-25-26-16-22(29(25)21-10-6-3-7-11-21)24(31)32-18-23(30)27-20-12-14-28(15-13-20)17-19-8-4-2-5-9-19/h2-11,16,20H,12-15,17-18H2,1H3,(H,27,30). The van der Waals surface area contributed by atoms with Gasteiger partial charge >= 0.3 is 5.97 Å². The molecule has 1 aromatic heterocycles. The van der Waals surface area contributed by atoms with Crippen LogP contribution in [-0.4, -0.2) is 58.3 Å². The zero-order valence-corrected chi connectivity index (χ0v) is 19.5. The molecule has 0 spiro atoms. The van der Waals surface area contributed by atoms with Gasteiger partial charge < -0.3 is 10.1 Å². The van der Waals surface area contributed by atoms with E-state index in [1.165, 1.54) is 23.5 Å². The van der Waals surface area contributed by atoms with E-state index in [9.17, 15) is 9.59 Å². The molecule has 1 aliphatic rings. The Kier molecular flexibility index (Phi) is 7.80. The van der Waals surface area contributed by atoms with Gasteiger partial charge in [0.05, 0.1) is 6.20 Å². The summed E-state index contributed by atoms with van der Waals surface area (Å²) < 4.78 is 7.06. The molecule has 4 rings (SSSR count). The van der Waals surface area contributed by atoms with Crippen LogP contribution in [0.25, 0.3) is 5.69 Å². The van der Waals surface area contributed by atoms with Crippen LogP contribution >= 0.6 is 11.8 Å². The minimum atomic E-state index is -0.570. The molecule has 7 nitrogen and oxygen atoms in total. The number of likely N-dealkylation sites (tertiary alicyclic amines) is 1. The van der Waals surface area contributed by atoms with Crippen molar-refractivity contribution in [3.05, 3.63) is 78.1 Å². The van der Waals surface area contributed by atoms with Gasteiger partial charge in [0, 0.05) is 31.4 Å². The lowest BCUT2D eigenvalue weighted by molar-refractivity contribution is -0.125. The maximum Gasteiger partial charge on any atom is 0.357 e. The smallest absolute Gasteiger partial charge is 0.357 e. The predicted molar refractivity (Wildman–Crippen MR) is 129 cm³/mol. The Morgan fingerprint density at radius 3 is 2.39 bits per heavy atom. The number of imidazole rings is 1. The summed E-state index contributed by atoms with van der Waals surface area (Å²) in [6, 6.07) is 20.0. The predicted octanol–water partition coefficient (Wildman–Crippen LogP) is 3.53. The molecule has 0 radical (unpaired) electrons. The monoisotopic (exact) mass is 464 g/mol. The van der Waals surface area contributed by atoms with Crippen molar-refractivity contribution < 1.29 is 14.3 Å². The summed E-state index contributed by atoms with van der Waals surface area (Å²) in [6.07, 6.45) is 5.14. The highest BCUT2D eigenvalue weighted by Gasteiger charge is 2.23. The number of piperidine rings is 1. The molecular weight excluding hydrogens is 436 g/mol. The molecule has 1 amide bonds. The third-order valence-corrected chi connectivity index (χ3v) is 6.32. The quantitative estimate of drug-likeness (QED) is 0.406. The summed E-state index contributed by atoms with van der Waals surface area (Å²) >= 11 is 1.44. The second-order valence-electron chi connectivity index (χ2n) is 7.98. The summed E-state index contributed by atoms with van der Waals surface area (Å²) in [7, 11) is 0. The second kappa shape index (κ2) is 11.2. The number of para-hydroxylation sites is 1. The van der Waals surface area contributed by atoms with E-state index in [0.717, 1.165) is 38.2 Å². The fourth-order valence-electron chi connectivity index (χ4n) is 4.00. The minimum absolute atomic E-state index is 0.0983. The van der Waals surface area contributed by atoms with Crippen molar-refractivity contribution in [1.82, 2.24) is 19.8 Å². The van der Waals surface area contributed by atoms with Crippen LogP contribution in [0.1, 0.15) is 28.9 Å². The van der Waals surface area contributed by atoms with Crippen molar-refractivity contribution in [2.75, 3.05) is 26.0 Å². The second-order valence-corrected chi connectivity index (χ2v) is 8.75. The molecule has 3 aromatic rings. The molecular formula is C25H28N4O3S. The van der Waals surface area contributed by atoms with Gasteiger partial charge in [0.25, 0.3) is 5.91 Å². The number of nitrogens with one attached hydrogen (secondary N) is 1. The van der Waals surface area contributed by atoms with Crippen molar-refractivity contribution in [3.8, 4) is 5.69 Å². The van der Waals surface area contributed by atoms with Gasteiger partial charge in [-0.1, -0.05) is 60.3 Å². The number of ether oxygens (including phenoxy) is 1. The third kappa shape index (κ3) is 6.03. The molecule has 0 aliphatic carbocycles. The number of nitrogens with zero attached hydrogens (tertiary/aromatic N) is 3. The van der Waals surface area contributed by atoms with Gasteiger partial charge in [-0.3, -0.25) is 14.3 Å². The van der Waals surface area contributed by atoms with Crippen molar-refractivity contribution in [2.45, 2.75) is 30.6 Å². The molecule has 172 valence electrons. The number of thioether (sulfide) groups is 1. The van der Waals surface area contributed by atoms with E-state index in [-0.39, 0.29) is 18.6 Å². The molecule has 1 aliphatic heterocycles. The van der Waals surface area contributed by atoms with Gasteiger partial charge in [0.2, 0.25) is 0 Å². The van der Waals surface area contributed by atoms with E-state index < -0.39 is 5.97 Å². The van der Waals surface area contributed by atoms with Crippen molar-refractivity contribution in [2.24, 2.45) is 0 Å². The first-order valence-electron chi connectivity index (χ1n) is 11.0. The summed E-state index contributed by atoms with van der Waals surface area (Å²) in [6.45, 7) is 2.46. The number of rotatable bonds is 8. The normalized spacial score (nSPS) is 14.7. The van der Waals surface area contributed by atoms with Gasteiger partial charge in [0.15, 0.2) is 17.5 Å². The van der Waals surface area contributed by atoms with Crippen molar-refractivity contribution in [1.29, 1.82) is 0 Å². The zero-order valence-electron chi connectivity index (χ0n) is 18.6. The molecule has 2 heterocycles. The van der Waals surface area contributed by atoms with Crippen LogP contribution in [0.5, 0.6) is 0 Å². The number of hydrogen-bond acceptors (Lipinski definition) is 6. The van der Waals surface area contributed by atoms with E-state index >= 15 is 0 Å². The van der Waals surface area contributed by atoms with E-state index in [1.54, 1.807) is 4.57 Å². The van der Waals surface area contributed by atoms with Crippen LogP contribution in [0, 0.1) is 0 Å². The Bertz CT molecular complexity index is 1060. The number of aromatic nitrogens is 2. The van der Waals surface area contributed by atoms with Crippen LogP contribution in [0.3, 0.4) is 0 Å². The minimum Gasteiger partial charge on any atom is -0.451 e. The molecule has 1 fully saturated rings. The number of esters is 1. The van der Waals surface area contributed by atoms with Gasteiger partial charge in [-0.15, -0.1) is 0 Å². The average Bonchev–Trinajstić information content (AvgIpc) is 3.29. The molecule has 1 N–H and O–H groups in total. The van der Waals surface area contributed by atoms with Gasteiger partial charge in [-0.05, 0) is 36.8 Å². The molecule has 0 unspecified atom stereocenters. The van der Waals surface area contributed by atoms with E-state index in [1.807, 2.05) is 42.7 Å². The summed E-state index contributed by atoms with van der Waals surface area (Å²) in [4.78, 5) is 31.8. The topological polar surface area (TPSA) is 76.5 Å². The number of carbonyl (C=O) groups is 2. The first-order valence-corrected chi connectivity index (χ1v) is 12.3. The third-order valence-electron chi connectivity index (χ3n) is 5.67. The molecule has 0 saturated carbocycles. The van der Waals surface area contributed by atoms with Crippen molar-refractivity contribution in [3.63, 3.8) is 0 Å². The maximum absolute atomic E-state index is 12.7. The lowest BCUT2D eigenvalue weighted by atomic mass is 10.0. The largest absolute Gasteiger partial charge is 0.451 e. The van der Waals surface area contributed by atoms with E-state index in [2.05, 4.69) is 39.5 Å². The van der Waals surface area contributed by atoms with E-state index in [4.69, 9.17) is 4.74 Å². The first-order chi connectivity index (χ1) is 16.1. The maximum atomic E-state index is 12.7. The van der Waals surface area contributed by atoms with E-state index in [0.29, 0.717) is 10.9 Å². The molecule has 1 saturated heterocycles. The lowest BCUT2D eigenvalue weighted by Gasteiger charge is -2.32. The highest BCUT2D eigenvalue weighted by Crippen LogP contribution is 2.22. The van der Waals surface area contributed by atoms with Crippen molar-refractivity contribution >= 4 is 23.6 Å². The highest BCUT2D eigenvalue weighted by molar-refractivity contribution is 7.98. The fourth-order valence-corrected chi connectivity index (χ4v) is 4.55. The first kappa shape index (κ1) is 23.1. The van der Waals surface area contributed by atoms with Crippen LogP contribution in [0.4, 0.5) is 0 Å². The molecule has 33 heavy (non-hydrogen) atoms. The Morgan fingerprint density at radius 1 is 1.06 bits per heavy atom. The van der Waals surface area contributed by atoms with Crippen LogP contribution in [0.15, 0.2) is 72.0 Å². The number of carbonyl (C=O) groups excluding carboxylic acids is 2. The number of benzene rings is 2. The Labute approximate surface area is 198 Å². The summed E-state index contributed by atoms with van der Waals surface area (Å²) in [5, 5.41) is 3.68. The Morgan fingerprint density at radius 2 is 1.73 bits per heavy atom. The highest BCUT2D eigenvalue weighted by atomic mass is 32.2. The SMILES string of the molecule is CSc1ncc(C(=O)OCC(=O)NC2CCN(Cc3ccccc3)CC2)n1-c1ccccc1. The molecule has 0 atom stereocenters. The Balaban J connectivity index is 1.26. The summed E-state index contributed by atoms with van der Waals surface area (Å²) in [5.74, 6) is -0.847. The van der Waals surface area contributed by atoms with Gasteiger partial charge in [-0.2, -0.15) is 0 Å². The molecule has 0 bridgehead atoms. The van der Waals surface area contributed by atoms with Crippen LogP contribution in [0.2, 0.25) is 0 Å². The van der Waals surface area contributed by atoms with Crippen LogP contribution < -0.4 is 5.32 Å². The van der Waals surface area contributed by atoms with Gasteiger partial charge in [-0.25, -0.2) is 9.78 Å². The molecule has 8 heteroatoms. The van der Waals surface area contributed by atoms with Gasteiger partial charge in [0.1, 0.15) is 0 Å². The fraction of sp³-hybridized carbons (Fsp3) is 0.320. The zero-order chi connectivity index (χ0) is 23.0. The van der Waals surface area contributed by atoms with Crippen LogP contribution in [-0.2, 0) is 16.1 Å². The lowest BCUT2D eigenvalue weighted by Crippen LogP contribution is -2.45. The summed E-state index contributed by atoms with van der Waals surface area (Å²) in [5.41, 5.74) is 2.41. The Hall–Kier alpha value is -3.10. The average molecular weight is 465 g/mol. The number of hydrogen-bond donors (Lipinski definition) is 1. The molecule has 2 aromatic carbocycles.